The van der Waals surface area contributed by atoms with Crippen LogP contribution in [0.3, 0.4) is 0 Å². The first-order chi connectivity index (χ1) is 9.09. The fourth-order valence-corrected chi connectivity index (χ4v) is 3.60. The van der Waals surface area contributed by atoms with Gasteiger partial charge in [0.25, 0.3) is 0 Å². The van der Waals surface area contributed by atoms with E-state index in [2.05, 4.69) is 15.3 Å². The molecule has 1 aliphatic carbocycles. The molecule has 0 saturated heterocycles. The number of hydrogen-bond donors (Lipinski definition) is 2. The second kappa shape index (κ2) is 4.81. The van der Waals surface area contributed by atoms with Crippen LogP contribution < -0.4 is 5.73 Å². The van der Waals surface area contributed by atoms with Crippen LogP contribution in [0.15, 0.2) is 0 Å². The summed E-state index contributed by atoms with van der Waals surface area (Å²) in [6.45, 7) is 1.95. The van der Waals surface area contributed by atoms with Gasteiger partial charge in [0.15, 0.2) is 5.82 Å². The molecule has 0 amide bonds. The first-order valence-corrected chi connectivity index (χ1v) is 7.54. The molecule has 2 aromatic heterocycles. The van der Waals surface area contributed by atoms with Crippen molar-refractivity contribution < 1.29 is 5.11 Å². The topological polar surface area (TPSA) is 89.3 Å². The van der Waals surface area contributed by atoms with Crippen LogP contribution in [-0.4, -0.2) is 37.1 Å². The Kier molecular flexibility index (Phi) is 3.28. The molecule has 3 N–H and O–H groups in total. The van der Waals surface area contributed by atoms with Gasteiger partial charge in [-0.25, -0.2) is 0 Å². The molecular formula is C12H19N5OS. The van der Waals surface area contributed by atoms with Gasteiger partial charge in [0, 0.05) is 18.9 Å². The van der Waals surface area contributed by atoms with E-state index in [4.69, 9.17) is 5.73 Å². The minimum Gasteiger partial charge on any atom is -0.388 e. The molecular weight excluding hydrogens is 262 g/mol. The van der Waals surface area contributed by atoms with Crippen molar-refractivity contribution >= 4 is 16.3 Å². The van der Waals surface area contributed by atoms with Crippen molar-refractivity contribution in [2.75, 3.05) is 6.54 Å². The summed E-state index contributed by atoms with van der Waals surface area (Å²) >= 11 is 1.48. The second-order valence-electron chi connectivity index (χ2n) is 5.61. The lowest BCUT2D eigenvalue weighted by Gasteiger charge is -2.18. The molecule has 3 rings (SSSR count). The monoisotopic (exact) mass is 281 g/mol. The average Bonchev–Trinajstić information content (AvgIpc) is 3.03. The molecule has 2 aromatic rings. The summed E-state index contributed by atoms with van der Waals surface area (Å²) in [4.78, 5) is 0.810. The van der Waals surface area contributed by atoms with E-state index >= 15 is 0 Å². The summed E-state index contributed by atoms with van der Waals surface area (Å²) in [6, 6.07) is 0. The van der Waals surface area contributed by atoms with E-state index in [1.54, 1.807) is 6.92 Å². The molecule has 104 valence electrons. The largest absolute Gasteiger partial charge is 0.388 e. The van der Waals surface area contributed by atoms with E-state index in [0.29, 0.717) is 12.3 Å². The molecule has 1 unspecified atom stereocenters. The highest BCUT2D eigenvalue weighted by Gasteiger charge is 2.26. The van der Waals surface area contributed by atoms with E-state index in [1.165, 1.54) is 37.0 Å². The van der Waals surface area contributed by atoms with Gasteiger partial charge in [0.2, 0.25) is 4.96 Å². The Morgan fingerprint density at radius 2 is 2.16 bits per heavy atom. The van der Waals surface area contributed by atoms with Crippen LogP contribution in [0.2, 0.25) is 0 Å². The van der Waals surface area contributed by atoms with Crippen LogP contribution >= 0.6 is 11.3 Å². The molecule has 19 heavy (non-hydrogen) atoms. The molecule has 1 saturated carbocycles. The van der Waals surface area contributed by atoms with Crippen molar-refractivity contribution in [1.29, 1.82) is 0 Å². The lowest BCUT2D eigenvalue weighted by Crippen LogP contribution is -2.36. The highest BCUT2D eigenvalue weighted by Crippen LogP contribution is 2.33. The van der Waals surface area contributed by atoms with Gasteiger partial charge < -0.3 is 10.8 Å². The first kappa shape index (κ1) is 13.0. The van der Waals surface area contributed by atoms with E-state index < -0.39 is 5.60 Å². The molecule has 0 aromatic carbocycles. The van der Waals surface area contributed by atoms with Crippen molar-refractivity contribution in [3.63, 3.8) is 0 Å². The van der Waals surface area contributed by atoms with Gasteiger partial charge in [0.05, 0.1) is 5.60 Å². The maximum Gasteiger partial charge on any atom is 0.234 e. The fraction of sp³-hybridized carbons (Fsp3) is 0.750. The Morgan fingerprint density at radius 3 is 2.84 bits per heavy atom. The maximum atomic E-state index is 10.0. The Morgan fingerprint density at radius 1 is 1.42 bits per heavy atom. The molecule has 2 heterocycles. The van der Waals surface area contributed by atoms with Gasteiger partial charge in [-0.05, 0) is 19.8 Å². The molecule has 6 nitrogen and oxygen atoms in total. The van der Waals surface area contributed by atoms with Crippen LogP contribution in [0, 0.1) is 0 Å². The normalized spacial score (nSPS) is 20.2. The summed E-state index contributed by atoms with van der Waals surface area (Å²) in [5, 5.41) is 23.9. The van der Waals surface area contributed by atoms with Gasteiger partial charge in [0.1, 0.15) is 5.01 Å². The van der Waals surface area contributed by atoms with Gasteiger partial charge in [-0.1, -0.05) is 24.2 Å². The van der Waals surface area contributed by atoms with Gasteiger partial charge in [-0.3, -0.25) is 0 Å². The Bertz CT molecular complexity index is 570. The number of aliphatic hydroxyl groups is 1. The van der Waals surface area contributed by atoms with Crippen molar-refractivity contribution in [2.24, 2.45) is 5.73 Å². The molecule has 7 heteroatoms. The Balaban J connectivity index is 1.89. The lowest BCUT2D eigenvalue weighted by molar-refractivity contribution is 0.0693. The number of aromatic nitrogens is 4. The molecule has 1 atom stereocenters. The zero-order chi connectivity index (χ0) is 13.5. The zero-order valence-electron chi connectivity index (χ0n) is 11.0. The predicted octanol–water partition coefficient (Wildman–Crippen LogP) is 1.10. The van der Waals surface area contributed by atoms with E-state index in [1.807, 2.05) is 4.52 Å². The third-order valence-electron chi connectivity index (χ3n) is 3.75. The molecule has 0 bridgehead atoms. The van der Waals surface area contributed by atoms with Gasteiger partial charge in [-0.15, -0.1) is 10.2 Å². The SMILES string of the molecule is CC(O)(CN)Cc1nn2c(C3CCCC3)nnc2s1. The van der Waals surface area contributed by atoms with Crippen LogP contribution in [0.4, 0.5) is 0 Å². The van der Waals surface area contributed by atoms with Gasteiger partial charge >= 0.3 is 0 Å². The Hall–Kier alpha value is -1.05. The van der Waals surface area contributed by atoms with Crippen molar-refractivity contribution in [1.82, 2.24) is 19.8 Å². The van der Waals surface area contributed by atoms with Crippen LogP contribution in [0.1, 0.15) is 49.4 Å². The zero-order valence-corrected chi connectivity index (χ0v) is 11.9. The summed E-state index contributed by atoms with van der Waals surface area (Å²) < 4.78 is 1.85. The number of nitrogens with zero attached hydrogens (tertiary/aromatic N) is 4. The van der Waals surface area contributed by atoms with Crippen molar-refractivity contribution in [3.8, 4) is 0 Å². The predicted molar refractivity (Wildman–Crippen MR) is 73.3 cm³/mol. The lowest BCUT2D eigenvalue weighted by atomic mass is 10.0. The minimum absolute atomic E-state index is 0.225. The standard InChI is InChI=1S/C12H19N5OS/c1-12(18,7-13)6-9-16-17-10(8-4-2-3-5-8)14-15-11(17)19-9/h8,18H,2-7,13H2,1H3. The molecule has 0 radical (unpaired) electrons. The number of fused-ring (bicyclic) bond motifs is 1. The van der Waals surface area contributed by atoms with Crippen LogP contribution in [-0.2, 0) is 6.42 Å². The second-order valence-corrected chi connectivity index (χ2v) is 6.65. The first-order valence-electron chi connectivity index (χ1n) is 6.72. The molecule has 0 aliphatic heterocycles. The number of rotatable bonds is 4. The summed E-state index contributed by atoms with van der Waals surface area (Å²) in [7, 11) is 0. The van der Waals surface area contributed by atoms with Crippen molar-refractivity contribution in [2.45, 2.75) is 50.5 Å². The molecule has 1 aliphatic rings. The minimum atomic E-state index is -0.906. The quantitative estimate of drug-likeness (QED) is 0.876. The highest BCUT2D eigenvalue weighted by molar-refractivity contribution is 7.16. The van der Waals surface area contributed by atoms with E-state index in [9.17, 15) is 5.11 Å². The van der Waals surface area contributed by atoms with Crippen molar-refractivity contribution in [3.05, 3.63) is 10.8 Å². The Labute approximate surface area is 115 Å². The third-order valence-corrected chi connectivity index (χ3v) is 4.65. The number of nitrogens with two attached hydrogens (primary N) is 1. The highest BCUT2D eigenvalue weighted by atomic mass is 32.1. The van der Waals surface area contributed by atoms with Gasteiger partial charge in [-0.2, -0.15) is 9.61 Å². The number of hydrogen-bond acceptors (Lipinski definition) is 6. The maximum absolute atomic E-state index is 10.0. The third kappa shape index (κ3) is 2.50. The molecule has 1 fully saturated rings. The smallest absolute Gasteiger partial charge is 0.234 e. The summed E-state index contributed by atoms with van der Waals surface area (Å²) in [5.41, 5.74) is 4.64. The van der Waals surface area contributed by atoms with E-state index in [0.717, 1.165) is 15.8 Å². The average molecular weight is 281 g/mol. The summed E-state index contributed by atoms with van der Waals surface area (Å²) in [5.74, 6) is 1.46. The summed E-state index contributed by atoms with van der Waals surface area (Å²) in [6.07, 6.45) is 5.33. The van der Waals surface area contributed by atoms with E-state index in [-0.39, 0.29) is 6.54 Å². The fourth-order valence-electron chi connectivity index (χ4n) is 2.58. The molecule has 0 spiro atoms. The van der Waals surface area contributed by atoms with Crippen LogP contribution in [0.25, 0.3) is 4.96 Å². The van der Waals surface area contributed by atoms with Crippen LogP contribution in [0.5, 0.6) is 0 Å².